The fourth-order valence-corrected chi connectivity index (χ4v) is 2.83. The lowest BCUT2D eigenvalue weighted by Gasteiger charge is -2.14. The standard InChI is InChI=1S/C18H21NO3/c20-17(12-19-18(21)11-16-6-3-9-22-16)15-8-7-13-4-1-2-5-14(13)10-15/h1-2,4-5,7-8,10,16-17,20H,3,6,9,11-12H2,(H,19,21)/t16-,17+/m1/s1. The molecule has 0 aliphatic carbocycles. The van der Waals surface area contributed by atoms with Gasteiger partial charge in [-0.3, -0.25) is 4.79 Å². The van der Waals surface area contributed by atoms with Gasteiger partial charge in [-0.2, -0.15) is 0 Å². The molecule has 0 aromatic heterocycles. The number of carbonyl (C=O) groups is 1. The number of benzene rings is 2. The molecule has 2 aromatic rings. The van der Waals surface area contributed by atoms with Crippen LogP contribution in [0.3, 0.4) is 0 Å². The Balaban J connectivity index is 1.55. The Morgan fingerprint density at radius 1 is 1.27 bits per heavy atom. The number of ether oxygens (including phenoxy) is 1. The average molecular weight is 299 g/mol. The third-order valence-electron chi connectivity index (χ3n) is 4.09. The largest absolute Gasteiger partial charge is 0.387 e. The van der Waals surface area contributed by atoms with Crippen LogP contribution in [0.4, 0.5) is 0 Å². The summed E-state index contributed by atoms with van der Waals surface area (Å²) in [5, 5.41) is 15.3. The highest BCUT2D eigenvalue weighted by atomic mass is 16.5. The molecule has 1 fully saturated rings. The Hall–Kier alpha value is -1.91. The van der Waals surface area contributed by atoms with Crippen molar-refractivity contribution in [2.45, 2.75) is 31.5 Å². The van der Waals surface area contributed by atoms with Gasteiger partial charge in [0.25, 0.3) is 0 Å². The quantitative estimate of drug-likeness (QED) is 0.892. The molecule has 4 heteroatoms. The third-order valence-corrected chi connectivity index (χ3v) is 4.09. The van der Waals surface area contributed by atoms with Gasteiger partial charge in [0, 0.05) is 13.2 Å². The van der Waals surface area contributed by atoms with Crippen LogP contribution in [0, 0.1) is 0 Å². The summed E-state index contributed by atoms with van der Waals surface area (Å²) < 4.78 is 5.44. The second-order valence-corrected chi connectivity index (χ2v) is 5.77. The summed E-state index contributed by atoms with van der Waals surface area (Å²) in [5.41, 5.74) is 0.816. The van der Waals surface area contributed by atoms with Gasteiger partial charge in [0.2, 0.25) is 5.91 Å². The summed E-state index contributed by atoms with van der Waals surface area (Å²) in [6, 6.07) is 13.9. The Morgan fingerprint density at radius 3 is 2.86 bits per heavy atom. The van der Waals surface area contributed by atoms with Gasteiger partial charge in [-0.15, -0.1) is 0 Å². The predicted octanol–water partition coefficient (Wildman–Crippen LogP) is 2.56. The molecule has 3 rings (SSSR count). The van der Waals surface area contributed by atoms with E-state index in [2.05, 4.69) is 5.32 Å². The van der Waals surface area contributed by atoms with Crippen molar-refractivity contribution in [1.82, 2.24) is 5.32 Å². The maximum Gasteiger partial charge on any atom is 0.222 e. The Morgan fingerprint density at radius 2 is 2.09 bits per heavy atom. The second kappa shape index (κ2) is 6.90. The lowest BCUT2D eigenvalue weighted by Crippen LogP contribution is -2.30. The number of aliphatic hydroxyl groups is 1. The van der Waals surface area contributed by atoms with Crippen molar-refractivity contribution in [2.24, 2.45) is 0 Å². The van der Waals surface area contributed by atoms with Crippen molar-refractivity contribution in [3.8, 4) is 0 Å². The van der Waals surface area contributed by atoms with Crippen LogP contribution >= 0.6 is 0 Å². The number of carbonyl (C=O) groups excluding carboxylic acids is 1. The zero-order valence-electron chi connectivity index (χ0n) is 12.5. The van der Waals surface area contributed by atoms with Crippen LogP contribution in [-0.4, -0.2) is 30.3 Å². The number of fused-ring (bicyclic) bond motifs is 1. The minimum absolute atomic E-state index is 0.0396. The molecule has 1 aliphatic heterocycles. The molecule has 1 saturated heterocycles. The Bertz CT molecular complexity index is 650. The Labute approximate surface area is 130 Å². The zero-order chi connectivity index (χ0) is 15.4. The van der Waals surface area contributed by atoms with Gasteiger partial charge in [-0.1, -0.05) is 36.4 Å². The molecule has 2 atom stereocenters. The molecule has 1 heterocycles. The molecule has 116 valence electrons. The fourth-order valence-electron chi connectivity index (χ4n) is 2.83. The van der Waals surface area contributed by atoms with Crippen LogP contribution in [-0.2, 0) is 9.53 Å². The van der Waals surface area contributed by atoms with Crippen LogP contribution in [0.15, 0.2) is 42.5 Å². The predicted molar refractivity (Wildman–Crippen MR) is 85.5 cm³/mol. The van der Waals surface area contributed by atoms with Crippen LogP contribution in [0.1, 0.15) is 30.9 Å². The van der Waals surface area contributed by atoms with Gasteiger partial charge in [-0.05, 0) is 35.2 Å². The summed E-state index contributed by atoms with van der Waals surface area (Å²) in [6.07, 6.45) is 1.69. The average Bonchev–Trinajstić information content (AvgIpc) is 3.05. The molecule has 0 bridgehead atoms. The number of hydrogen-bond donors (Lipinski definition) is 2. The summed E-state index contributed by atoms with van der Waals surface area (Å²) >= 11 is 0. The first-order valence-electron chi connectivity index (χ1n) is 7.77. The van der Waals surface area contributed by atoms with Crippen molar-refractivity contribution in [3.05, 3.63) is 48.0 Å². The van der Waals surface area contributed by atoms with Crippen LogP contribution in [0.25, 0.3) is 10.8 Å². The van der Waals surface area contributed by atoms with Gasteiger partial charge < -0.3 is 15.2 Å². The minimum Gasteiger partial charge on any atom is -0.387 e. The van der Waals surface area contributed by atoms with E-state index >= 15 is 0 Å². The topological polar surface area (TPSA) is 58.6 Å². The Kier molecular flexibility index (Phi) is 4.71. The van der Waals surface area contributed by atoms with Crippen LogP contribution < -0.4 is 5.32 Å². The minimum atomic E-state index is -0.696. The monoisotopic (exact) mass is 299 g/mol. The van der Waals surface area contributed by atoms with Crippen molar-refractivity contribution in [1.29, 1.82) is 0 Å². The summed E-state index contributed by atoms with van der Waals surface area (Å²) in [5.74, 6) is -0.0632. The molecule has 1 aliphatic rings. The lowest BCUT2D eigenvalue weighted by molar-refractivity contribution is -0.123. The van der Waals surface area contributed by atoms with E-state index in [4.69, 9.17) is 4.74 Å². The normalized spacial score (nSPS) is 19.2. The highest BCUT2D eigenvalue weighted by Gasteiger charge is 2.19. The number of rotatable bonds is 5. The summed E-state index contributed by atoms with van der Waals surface area (Å²) in [7, 11) is 0. The van der Waals surface area contributed by atoms with Gasteiger partial charge >= 0.3 is 0 Å². The number of aliphatic hydroxyl groups excluding tert-OH is 1. The van der Waals surface area contributed by atoms with Gasteiger partial charge in [0.1, 0.15) is 0 Å². The molecule has 0 saturated carbocycles. The van der Waals surface area contributed by atoms with Gasteiger partial charge in [0.15, 0.2) is 0 Å². The van der Waals surface area contributed by atoms with E-state index in [1.807, 2.05) is 42.5 Å². The van der Waals surface area contributed by atoms with Gasteiger partial charge in [-0.25, -0.2) is 0 Å². The van der Waals surface area contributed by atoms with Crippen LogP contribution in [0.2, 0.25) is 0 Å². The van der Waals surface area contributed by atoms with Crippen molar-refractivity contribution in [3.63, 3.8) is 0 Å². The summed E-state index contributed by atoms with van der Waals surface area (Å²) in [4.78, 5) is 11.8. The van der Waals surface area contributed by atoms with E-state index in [0.717, 1.165) is 35.8 Å². The summed E-state index contributed by atoms with van der Waals surface area (Å²) in [6.45, 7) is 0.974. The highest BCUT2D eigenvalue weighted by molar-refractivity contribution is 5.83. The molecular weight excluding hydrogens is 278 g/mol. The second-order valence-electron chi connectivity index (χ2n) is 5.77. The maximum absolute atomic E-state index is 11.8. The molecule has 0 radical (unpaired) electrons. The van der Waals surface area contributed by atoms with E-state index in [1.165, 1.54) is 0 Å². The number of hydrogen-bond acceptors (Lipinski definition) is 3. The first-order valence-corrected chi connectivity index (χ1v) is 7.77. The lowest BCUT2D eigenvalue weighted by atomic mass is 10.0. The number of nitrogens with one attached hydrogen (secondary N) is 1. The third kappa shape index (κ3) is 3.64. The first-order chi connectivity index (χ1) is 10.7. The smallest absolute Gasteiger partial charge is 0.222 e. The molecule has 0 unspecified atom stereocenters. The van der Waals surface area contributed by atoms with E-state index < -0.39 is 6.10 Å². The van der Waals surface area contributed by atoms with E-state index in [0.29, 0.717) is 6.42 Å². The van der Waals surface area contributed by atoms with Crippen molar-refractivity contribution < 1.29 is 14.6 Å². The van der Waals surface area contributed by atoms with Gasteiger partial charge in [0.05, 0.1) is 18.6 Å². The molecule has 0 spiro atoms. The highest BCUT2D eigenvalue weighted by Crippen LogP contribution is 2.20. The van der Waals surface area contributed by atoms with Crippen molar-refractivity contribution in [2.75, 3.05) is 13.2 Å². The molecular formula is C18H21NO3. The van der Waals surface area contributed by atoms with E-state index in [9.17, 15) is 9.90 Å². The molecule has 22 heavy (non-hydrogen) atoms. The van der Waals surface area contributed by atoms with E-state index in [-0.39, 0.29) is 18.6 Å². The molecule has 2 N–H and O–H groups in total. The molecule has 1 amide bonds. The fraction of sp³-hybridized carbons (Fsp3) is 0.389. The molecule has 4 nitrogen and oxygen atoms in total. The maximum atomic E-state index is 11.8. The molecule has 2 aromatic carbocycles. The SMILES string of the molecule is O=C(C[C@H]1CCCO1)NC[C@H](O)c1ccc2ccccc2c1. The zero-order valence-corrected chi connectivity index (χ0v) is 12.5. The van der Waals surface area contributed by atoms with Crippen molar-refractivity contribution >= 4 is 16.7 Å². The number of amides is 1. The van der Waals surface area contributed by atoms with Crippen LogP contribution in [0.5, 0.6) is 0 Å². The van der Waals surface area contributed by atoms with E-state index in [1.54, 1.807) is 0 Å². The first kappa shape index (κ1) is 15.0.